The highest BCUT2D eigenvalue weighted by Crippen LogP contribution is 2.18. The van der Waals surface area contributed by atoms with E-state index in [1.807, 2.05) is 0 Å². The molecule has 0 saturated carbocycles. The molecule has 108 valence electrons. The molecule has 1 unspecified atom stereocenters. The minimum atomic E-state index is 0.640. The highest BCUT2D eigenvalue weighted by atomic mass is 14.9. The monoisotopic (exact) mass is 261 g/mol. The van der Waals surface area contributed by atoms with Crippen LogP contribution in [0.25, 0.3) is 0 Å². The molecule has 1 rings (SSSR count). The van der Waals surface area contributed by atoms with Crippen molar-refractivity contribution in [3.63, 3.8) is 0 Å². The first kappa shape index (κ1) is 16.2. The molecule has 0 spiro atoms. The molecular formula is C18H31N. The zero-order valence-electron chi connectivity index (χ0n) is 13.6. The summed E-state index contributed by atoms with van der Waals surface area (Å²) >= 11 is 0. The van der Waals surface area contributed by atoms with Gasteiger partial charge < -0.3 is 5.32 Å². The Morgan fingerprint density at radius 1 is 1.00 bits per heavy atom. The Hall–Kier alpha value is -0.820. The van der Waals surface area contributed by atoms with Crippen LogP contribution in [0.5, 0.6) is 0 Å². The summed E-state index contributed by atoms with van der Waals surface area (Å²) in [6.45, 7) is 14.7. The second-order valence-electron chi connectivity index (χ2n) is 6.21. The molecule has 0 aromatic heterocycles. The fourth-order valence-electron chi connectivity index (χ4n) is 2.60. The number of aryl methyl sites for hydroxylation is 4. The van der Waals surface area contributed by atoms with Gasteiger partial charge in [-0.3, -0.25) is 0 Å². The number of nitrogens with one attached hydrogen (secondary N) is 1. The number of hydrogen-bond acceptors (Lipinski definition) is 1. The van der Waals surface area contributed by atoms with Gasteiger partial charge in [0.2, 0.25) is 0 Å². The zero-order chi connectivity index (χ0) is 14.4. The number of benzene rings is 1. The van der Waals surface area contributed by atoms with Crippen molar-refractivity contribution in [3.05, 3.63) is 34.4 Å². The van der Waals surface area contributed by atoms with Crippen molar-refractivity contribution in [1.29, 1.82) is 0 Å². The maximum absolute atomic E-state index is 3.68. The Morgan fingerprint density at radius 3 is 2.21 bits per heavy atom. The summed E-state index contributed by atoms with van der Waals surface area (Å²) < 4.78 is 0. The normalized spacial score (nSPS) is 13.0. The summed E-state index contributed by atoms with van der Waals surface area (Å²) in [5, 5.41) is 3.68. The summed E-state index contributed by atoms with van der Waals surface area (Å²) in [4.78, 5) is 0. The lowest BCUT2D eigenvalue weighted by molar-refractivity contribution is 0.378. The van der Waals surface area contributed by atoms with Gasteiger partial charge in [-0.1, -0.05) is 32.9 Å². The van der Waals surface area contributed by atoms with Crippen molar-refractivity contribution in [2.75, 3.05) is 6.54 Å². The Labute approximate surface area is 119 Å². The molecule has 0 aliphatic rings. The van der Waals surface area contributed by atoms with Crippen LogP contribution in [-0.4, -0.2) is 12.6 Å². The van der Waals surface area contributed by atoms with Gasteiger partial charge in [-0.15, -0.1) is 0 Å². The van der Waals surface area contributed by atoms with Crippen LogP contribution in [0.15, 0.2) is 12.1 Å². The number of rotatable bonds is 7. The van der Waals surface area contributed by atoms with E-state index in [-0.39, 0.29) is 0 Å². The predicted octanol–water partition coefficient (Wildman–Crippen LogP) is 4.57. The van der Waals surface area contributed by atoms with E-state index in [1.165, 1.54) is 41.5 Å². The first-order valence-corrected chi connectivity index (χ1v) is 7.75. The largest absolute Gasteiger partial charge is 0.314 e. The van der Waals surface area contributed by atoms with Crippen LogP contribution in [-0.2, 0) is 6.42 Å². The third-order valence-electron chi connectivity index (χ3n) is 4.14. The van der Waals surface area contributed by atoms with E-state index in [1.54, 1.807) is 0 Å². The van der Waals surface area contributed by atoms with Crippen LogP contribution in [0.1, 0.15) is 55.9 Å². The van der Waals surface area contributed by atoms with Gasteiger partial charge in [0.25, 0.3) is 0 Å². The summed E-state index contributed by atoms with van der Waals surface area (Å²) in [6, 6.07) is 5.34. The van der Waals surface area contributed by atoms with Crippen LogP contribution < -0.4 is 5.32 Å². The molecule has 1 heteroatoms. The molecule has 0 saturated heterocycles. The SMILES string of the molecule is CCCNC(CCc1cc(C)c(C)cc1C)C(C)C. The van der Waals surface area contributed by atoms with Crippen LogP contribution >= 0.6 is 0 Å². The average Bonchev–Trinajstić information content (AvgIpc) is 2.34. The fraction of sp³-hybridized carbons (Fsp3) is 0.667. The van der Waals surface area contributed by atoms with Crippen LogP contribution in [0.2, 0.25) is 0 Å². The topological polar surface area (TPSA) is 12.0 Å². The predicted molar refractivity (Wildman–Crippen MR) is 85.9 cm³/mol. The standard InChI is InChI=1S/C18H31N/c1-7-10-19-18(13(2)3)9-8-17-12-15(5)14(4)11-16(17)6/h11-13,18-19H,7-10H2,1-6H3. The van der Waals surface area contributed by atoms with Gasteiger partial charge in [0.15, 0.2) is 0 Å². The van der Waals surface area contributed by atoms with Crippen molar-refractivity contribution in [2.24, 2.45) is 5.92 Å². The molecule has 1 N–H and O–H groups in total. The highest BCUT2D eigenvalue weighted by Gasteiger charge is 2.13. The number of hydrogen-bond donors (Lipinski definition) is 1. The molecule has 0 amide bonds. The van der Waals surface area contributed by atoms with Crippen LogP contribution in [0, 0.1) is 26.7 Å². The molecule has 0 aliphatic carbocycles. The van der Waals surface area contributed by atoms with Crippen LogP contribution in [0.4, 0.5) is 0 Å². The lowest BCUT2D eigenvalue weighted by Gasteiger charge is -2.23. The lowest BCUT2D eigenvalue weighted by Crippen LogP contribution is -2.34. The molecule has 0 heterocycles. The molecule has 1 atom stereocenters. The molecule has 19 heavy (non-hydrogen) atoms. The van der Waals surface area contributed by atoms with Crippen LogP contribution in [0.3, 0.4) is 0 Å². The van der Waals surface area contributed by atoms with E-state index in [9.17, 15) is 0 Å². The Bertz CT molecular complexity index is 393. The average molecular weight is 261 g/mol. The molecule has 1 aromatic rings. The maximum atomic E-state index is 3.68. The fourth-order valence-corrected chi connectivity index (χ4v) is 2.60. The minimum Gasteiger partial charge on any atom is -0.314 e. The van der Waals surface area contributed by atoms with Gasteiger partial charge >= 0.3 is 0 Å². The quantitative estimate of drug-likeness (QED) is 0.758. The van der Waals surface area contributed by atoms with E-state index < -0.39 is 0 Å². The molecule has 0 bridgehead atoms. The van der Waals surface area contributed by atoms with E-state index in [2.05, 4.69) is 59.0 Å². The van der Waals surface area contributed by atoms with Gasteiger partial charge in [-0.05, 0) is 74.8 Å². The highest BCUT2D eigenvalue weighted by molar-refractivity contribution is 5.36. The van der Waals surface area contributed by atoms with Crippen molar-refractivity contribution in [3.8, 4) is 0 Å². The summed E-state index contributed by atoms with van der Waals surface area (Å²) in [7, 11) is 0. The Balaban J connectivity index is 2.66. The van der Waals surface area contributed by atoms with Gasteiger partial charge in [-0.2, -0.15) is 0 Å². The Kier molecular flexibility index (Phi) is 6.57. The summed E-state index contributed by atoms with van der Waals surface area (Å²) in [6.07, 6.45) is 3.64. The smallest absolute Gasteiger partial charge is 0.00932 e. The maximum Gasteiger partial charge on any atom is 0.00932 e. The van der Waals surface area contributed by atoms with E-state index >= 15 is 0 Å². The molecule has 1 nitrogen and oxygen atoms in total. The third-order valence-corrected chi connectivity index (χ3v) is 4.14. The minimum absolute atomic E-state index is 0.640. The first-order valence-electron chi connectivity index (χ1n) is 7.75. The van der Waals surface area contributed by atoms with E-state index in [4.69, 9.17) is 0 Å². The van der Waals surface area contributed by atoms with E-state index in [0.717, 1.165) is 6.54 Å². The Morgan fingerprint density at radius 2 is 1.63 bits per heavy atom. The van der Waals surface area contributed by atoms with Gasteiger partial charge in [0, 0.05) is 6.04 Å². The second-order valence-corrected chi connectivity index (χ2v) is 6.21. The molecule has 1 aromatic carbocycles. The molecule has 0 radical (unpaired) electrons. The van der Waals surface area contributed by atoms with Crippen molar-refractivity contribution in [1.82, 2.24) is 5.32 Å². The second kappa shape index (κ2) is 7.69. The zero-order valence-corrected chi connectivity index (χ0v) is 13.6. The van der Waals surface area contributed by atoms with Gasteiger partial charge in [-0.25, -0.2) is 0 Å². The third kappa shape index (κ3) is 4.99. The van der Waals surface area contributed by atoms with E-state index in [0.29, 0.717) is 12.0 Å². The van der Waals surface area contributed by atoms with Gasteiger partial charge in [0.05, 0.1) is 0 Å². The molecule has 0 aliphatic heterocycles. The summed E-state index contributed by atoms with van der Waals surface area (Å²) in [5.41, 5.74) is 5.79. The lowest BCUT2D eigenvalue weighted by atomic mass is 9.93. The summed E-state index contributed by atoms with van der Waals surface area (Å²) in [5.74, 6) is 0.707. The van der Waals surface area contributed by atoms with Crippen molar-refractivity contribution in [2.45, 2.75) is 66.8 Å². The first-order chi connectivity index (χ1) is 8.95. The molecule has 0 fully saturated rings. The molecular weight excluding hydrogens is 230 g/mol. The van der Waals surface area contributed by atoms with Crippen molar-refractivity contribution >= 4 is 0 Å². The van der Waals surface area contributed by atoms with Gasteiger partial charge in [0.1, 0.15) is 0 Å². The van der Waals surface area contributed by atoms with Crippen molar-refractivity contribution < 1.29 is 0 Å².